The highest BCUT2D eigenvalue weighted by Gasteiger charge is 2.30. The Morgan fingerprint density at radius 3 is 2.16 bits per heavy atom. The minimum Gasteiger partial charge on any atom is -0.448 e. The molecular formula is C32H28N2O3. The Hall–Kier alpha value is -4.22. The van der Waals surface area contributed by atoms with Gasteiger partial charge in [-0.15, -0.1) is 0 Å². The van der Waals surface area contributed by atoms with Crippen molar-refractivity contribution in [3.8, 4) is 11.1 Å². The Bertz CT molecular complexity index is 1640. The SMILES string of the molecule is CC(C)[C@H](N)C(=O)c1cn(C(=O)OCC2c3ccccc3-c3ccccc32)c2ccc3ccccc3c12. The molecule has 1 aliphatic carbocycles. The van der Waals surface area contributed by atoms with Crippen molar-refractivity contribution in [1.82, 2.24) is 4.57 Å². The largest absolute Gasteiger partial charge is 0.448 e. The van der Waals surface area contributed by atoms with Crippen LogP contribution in [0.15, 0.2) is 91.1 Å². The maximum absolute atomic E-state index is 13.5. The Morgan fingerprint density at radius 2 is 1.49 bits per heavy atom. The summed E-state index contributed by atoms with van der Waals surface area (Å²) in [5.74, 6) is -0.258. The van der Waals surface area contributed by atoms with Crippen molar-refractivity contribution in [1.29, 1.82) is 0 Å². The highest BCUT2D eigenvalue weighted by Crippen LogP contribution is 2.44. The molecule has 0 spiro atoms. The molecule has 0 aliphatic heterocycles. The van der Waals surface area contributed by atoms with E-state index in [4.69, 9.17) is 10.5 Å². The molecule has 0 bridgehead atoms. The minimum absolute atomic E-state index is 0.0321. The first kappa shape index (κ1) is 23.2. The third-order valence-electron chi connectivity index (χ3n) is 7.51. The molecule has 5 heteroatoms. The normalized spacial score (nSPS) is 13.6. The lowest BCUT2D eigenvalue weighted by Crippen LogP contribution is -2.35. The molecule has 184 valence electrons. The lowest BCUT2D eigenvalue weighted by atomic mass is 9.94. The van der Waals surface area contributed by atoms with E-state index in [0.29, 0.717) is 11.1 Å². The van der Waals surface area contributed by atoms with Crippen LogP contribution in [0.3, 0.4) is 0 Å². The maximum atomic E-state index is 13.5. The molecule has 1 atom stereocenters. The fraction of sp³-hybridized carbons (Fsp3) is 0.188. The van der Waals surface area contributed by atoms with Gasteiger partial charge in [0.05, 0.1) is 11.6 Å². The molecule has 0 fully saturated rings. The number of hydrogen-bond acceptors (Lipinski definition) is 4. The van der Waals surface area contributed by atoms with E-state index in [1.807, 2.05) is 74.5 Å². The van der Waals surface area contributed by atoms with Crippen molar-refractivity contribution in [2.45, 2.75) is 25.8 Å². The second-order valence-electron chi connectivity index (χ2n) is 10.0. The standard InChI is InChI=1S/C32H28N2O3/c1-19(2)30(33)31(35)26-17-34(28-16-15-20-9-3-4-10-21(20)29(26)28)32(36)37-18-27-24-13-7-5-11-22(24)23-12-6-8-14-25(23)27/h3-17,19,27,30H,18,33H2,1-2H3/t30-/m0/s1. The van der Waals surface area contributed by atoms with Crippen LogP contribution >= 0.6 is 0 Å². The number of hydrogen-bond donors (Lipinski definition) is 1. The van der Waals surface area contributed by atoms with Crippen molar-refractivity contribution >= 4 is 33.6 Å². The van der Waals surface area contributed by atoms with Crippen molar-refractivity contribution in [3.63, 3.8) is 0 Å². The molecule has 1 aliphatic rings. The number of benzene rings is 4. The predicted octanol–water partition coefficient (Wildman–Crippen LogP) is 6.76. The minimum atomic E-state index is -0.666. The number of Topliss-reactive ketones (excluding diaryl/α,β-unsaturated/α-hetero) is 1. The van der Waals surface area contributed by atoms with E-state index < -0.39 is 12.1 Å². The summed E-state index contributed by atoms with van der Waals surface area (Å²) >= 11 is 0. The summed E-state index contributed by atoms with van der Waals surface area (Å²) in [6.45, 7) is 4.05. The van der Waals surface area contributed by atoms with E-state index in [1.54, 1.807) is 6.20 Å². The summed E-state index contributed by atoms with van der Waals surface area (Å²) in [7, 11) is 0. The number of carbonyl (C=O) groups excluding carboxylic acids is 2. The fourth-order valence-corrected chi connectivity index (χ4v) is 5.49. The van der Waals surface area contributed by atoms with Crippen LogP contribution in [0.1, 0.15) is 41.3 Å². The fourth-order valence-electron chi connectivity index (χ4n) is 5.49. The Labute approximate surface area is 215 Å². The predicted molar refractivity (Wildman–Crippen MR) is 147 cm³/mol. The van der Waals surface area contributed by atoms with Crippen LogP contribution in [0.2, 0.25) is 0 Å². The second kappa shape index (κ2) is 9.02. The molecule has 0 saturated heterocycles. The molecule has 6 rings (SSSR count). The van der Waals surface area contributed by atoms with Gasteiger partial charge >= 0.3 is 6.09 Å². The molecule has 4 aromatic carbocycles. The molecule has 1 heterocycles. The van der Waals surface area contributed by atoms with Gasteiger partial charge in [0.25, 0.3) is 0 Å². The zero-order chi connectivity index (χ0) is 25.7. The zero-order valence-electron chi connectivity index (χ0n) is 20.8. The van der Waals surface area contributed by atoms with Gasteiger partial charge in [0, 0.05) is 23.1 Å². The van der Waals surface area contributed by atoms with Crippen LogP contribution in [0.25, 0.3) is 32.8 Å². The molecule has 0 saturated carbocycles. The summed E-state index contributed by atoms with van der Waals surface area (Å²) in [5.41, 5.74) is 12.0. The number of ether oxygens (including phenoxy) is 1. The molecule has 0 radical (unpaired) electrons. The first-order chi connectivity index (χ1) is 18.0. The number of nitrogens with two attached hydrogens (primary N) is 1. The van der Waals surface area contributed by atoms with Gasteiger partial charge in [0.15, 0.2) is 5.78 Å². The number of carbonyl (C=O) groups is 2. The summed E-state index contributed by atoms with van der Waals surface area (Å²) in [6, 6.07) is 27.5. The number of ketones is 1. The Balaban J connectivity index is 1.39. The lowest BCUT2D eigenvalue weighted by molar-refractivity contribution is 0.0942. The summed E-state index contributed by atoms with van der Waals surface area (Å²) in [4.78, 5) is 26.9. The molecule has 0 amide bonds. The number of aromatic nitrogens is 1. The van der Waals surface area contributed by atoms with Gasteiger partial charge in [-0.1, -0.05) is 92.7 Å². The summed E-state index contributed by atoms with van der Waals surface area (Å²) < 4.78 is 7.38. The average molecular weight is 489 g/mol. The van der Waals surface area contributed by atoms with Crippen LogP contribution in [0, 0.1) is 5.92 Å². The van der Waals surface area contributed by atoms with Gasteiger partial charge in [-0.2, -0.15) is 0 Å². The topological polar surface area (TPSA) is 74.3 Å². The van der Waals surface area contributed by atoms with E-state index in [1.165, 1.54) is 15.7 Å². The van der Waals surface area contributed by atoms with Gasteiger partial charge in [-0.25, -0.2) is 4.79 Å². The third kappa shape index (κ3) is 3.74. The van der Waals surface area contributed by atoms with Crippen LogP contribution in [0.5, 0.6) is 0 Å². The number of fused-ring (bicyclic) bond motifs is 6. The molecule has 0 unspecified atom stereocenters. The van der Waals surface area contributed by atoms with Crippen molar-refractivity contribution in [3.05, 3.63) is 108 Å². The van der Waals surface area contributed by atoms with Crippen LogP contribution in [-0.4, -0.2) is 29.1 Å². The van der Waals surface area contributed by atoms with E-state index in [9.17, 15) is 9.59 Å². The van der Waals surface area contributed by atoms with Gasteiger partial charge < -0.3 is 10.5 Å². The monoisotopic (exact) mass is 488 g/mol. The molecule has 5 aromatic rings. The average Bonchev–Trinajstić information content (AvgIpc) is 3.47. The summed E-state index contributed by atoms with van der Waals surface area (Å²) in [5, 5.41) is 2.63. The van der Waals surface area contributed by atoms with Gasteiger partial charge in [0.1, 0.15) is 6.61 Å². The second-order valence-corrected chi connectivity index (χ2v) is 10.0. The lowest BCUT2D eigenvalue weighted by Gasteiger charge is -2.14. The van der Waals surface area contributed by atoms with Crippen molar-refractivity contribution in [2.24, 2.45) is 11.7 Å². The van der Waals surface area contributed by atoms with Crippen molar-refractivity contribution in [2.75, 3.05) is 6.61 Å². The van der Waals surface area contributed by atoms with Crippen LogP contribution < -0.4 is 5.73 Å². The highest BCUT2D eigenvalue weighted by atomic mass is 16.5. The van der Waals surface area contributed by atoms with Gasteiger partial charge in [0.2, 0.25) is 0 Å². The van der Waals surface area contributed by atoms with Gasteiger partial charge in [-0.05, 0) is 45.0 Å². The van der Waals surface area contributed by atoms with Crippen LogP contribution in [-0.2, 0) is 4.74 Å². The van der Waals surface area contributed by atoms with E-state index in [2.05, 4.69) is 24.3 Å². The van der Waals surface area contributed by atoms with Crippen LogP contribution in [0.4, 0.5) is 4.79 Å². The van der Waals surface area contributed by atoms with E-state index in [-0.39, 0.29) is 24.2 Å². The zero-order valence-corrected chi connectivity index (χ0v) is 20.8. The smallest absolute Gasteiger partial charge is 0.418 e. The Kier molecular flexibility index (Phi) is 5.65. The molecule has 1 aromatic heterocycles. The molecule has 37 heavy (non-hydrogen) atoms. The van der Waals surface area contributed by atoms with Crippen molar-refractivity contribution < 1.29 is 14.3 Å². The van der Waals surface area contributed by atoms with E-state index >= 15 is 0 Å². The highest BCUT2D eigenvalue weighted by molar-refractivity contribution is 6.20. The first-order valence-corrected chi connectivity index (χ1v) is 12.6. The molecular weight excluding hydrogens is 460 g/mol. The number of nitrogens with zero attached hydrogens (tertiary/aromatic N) is 1. The quantitative estimate of drug-likeness (QED) is 0.278. The first-order valence-electron chi connectivity index (χ1n) is 12.6. The Morgan fingerprint density at radius 1 is 0.865 bits per heavy atom. The maximum Gasteiger partial charge on any atom is 0.418 e. The molecule has 2 N–H and O–H groups in total. The summed E-state index contributed by atoms with van der Waals surface area (Å²) in [6.07, 6.45) is 1.08. The number of rotatable bonds is 5. The molecule has 5 nitrogen and oxygen atoms in total. The van der Waals surface area contributed by atoms with E-state index in [0.717, 1.165) is 27.3 Å². The van der Waals surface area contributed by atoms with Gasteiger partial charge in [-0.3, -0.25) is 9.36 Å². The third-order valence-corrected chi connectivity index (χ3v) is 7.51.